The molecule has 0 saturated carbocycles. The van der Waals surface area contributed by atoms with Gasteiger partial charge in [-0.05, 0) is 88.3 Å². The molecule has 2 aromatic heterocycles. The first-order valence-electron chi connectivity index (χ1n) is 19.6. The molecule has 0 saturated heterocycles. The summed E-state index contributed by atoms with van der Waals surface area (Å²) in [6.45, 7) is 0. The fraction of sp³-hybridized carbons (Fsp3) is 0. The SMILES string of the molecule is c1ccc(-c2cccc(N(c3ccc(-c4ccc5c(ccc6nc(-c7ccccc7)c(-c7ccccc7)nc65)c4)cc3)c3ccc4sc5ccccc5c4c3)c2)cc1. The highest BCUT2D eigenvalue weighted by atomic mass is 32.1. The van der Waals surface area contributed by atoms with Crippen molar-refractivity contribution >= 4 is 70.4 Å². The minimum Gasteiger partial charge on any atom is -0.310 e. The van der Waals surface area contributed by atoms with Crippen molar-refractivity contribution in [1.82, 2.24) is 9.97 Å². The molecule has 11 rings (SSSR count). The van der Waals surface area contributed by atoms with Gasteiger partial charge in [-0.1, -0.05) is 152 Å². The molecule has 0 bridgehead atoms. The smallest absolute Gasteiger partial charge is 0.0973 e. The third-order valence-electron chi connectivity index (χ3n) is 11.0. The lowest BCUT2D eigenvalue weighted by Crippen LogP contribution is -2.10. The molecule has 9 aromatic carbocycles. The van der Waals surface area contributed by atoms with Crippen molar-refractivity contribution in [3.63, 3.8) is 0 Å². The first-order valence-corrected chi connectivity index (χ1v) is 20.4. The molecule has 4 heteroatoms. The predicted molar refractivity (Wildman–Crippen MR) is 246 cm³/mol. The summed E-state index contributed by atoms with van der Waals surface area (Å²) in [5, 5.41) is 4.79. The summed E-state index contributed by atoms with van der Waals surface area (Å²) in [4.78, 5) is 12.9. The second-order valence-electron chi connectivity index (χ2n) is 14.6. The van der Waals surface area contributed by atoms with E-state index in [1.54, 1.807) is 0 Å². The number of benzene rings is 9. The Labute approximate surface area is 340 Å². The second kappa shape index (κ2) is 14.3. The van der Waals surface area contributed by atoms with Crippen LogP contribution in [-0.4, -0.2) is 9.97 Å². The van der Waals surface area contributed by atoms with Crippen molar-refractivity contribution in [2.24, 2.45) is 0 Å². The lowest BCUT2D eigenvalue weighted by Gasteiger charge is -2.26. The maximum atomic E-state index is 5.33. The van der Waals surface area contributed by atoms with E-state index < -0.39 is 0 Å². The molecule has 0 N–H and O–H groups in total. The zero-order chi connectivity index (χ0) is 38.4. The standard InChI is InChI=1S/C54H35N3S/c1-4-13-36(14-5-1)40-19-12-20-44(34-40)57(45-29-32-51-48(35-45)47-21-10-11-22-50(47)58-51)43-27-23-37(24-28-43)41-25-30-46-42(33-41)26-31-49-54(46)56-53(39-17-8-3-9-18-39)52(55-49)38-15-6-2-7-16-38/h1-35H. The van der Waals surface area contributed by atoms with Crippen molar-refractivity contribution in [2.45, 2.75) is 0 Å². The van der Waals surface area contributed by atoms with Crippen LogP contribution in [-0.2, 0) is 0 Å². The summed E-state index contributed by atoms with van der Waals surface area (Å²) in [7, 11) is 0. The zero-order valence-electron chi connectivity index (χ0n) is 31.5. The van der Waals surface area contributed by atoms with Crippen LogP contribution < -0.4 is 4.90 Å². The molecule has 2 heterocycles. The summed E-state index contributed by atoms with van der Waals surface area (Å²) in [6, 6.07) is 75.7. The summed E-state index contributed by atoms with van der Waals surface area (Å²) in [5.74, 6) is 0. The van der Waals surface area contributed by atoms with Gasteiger partial charge in [0.05, 0.1) is 22.4 Å². The molecule has 0 spiro atoms. The van der Waals surface area contributed by atoms with E-state index in [0.717, 1.165) is 72.5 Å². The molecule has 0 radical (unpaired) electrons. The van der Waals surface area contributed by atoms with E-state index in [0.29, 0.717) is 0 Å². The normalized spacial score (nSPS) is 11.4. The molecule has 0 amide bonds. The van der Waals surface area contributed by atoms with Gasteiger partial charge in [0.15, 0.2) is 0 Å². The third-order valence-corrected chi connectivity index (χ3v) is 12.2. The van der Waals surface area contributed by atoms with Gasteiger partial charge in [-0.15, -0.1) is 11.3 Å². The molecule has 0 aliphatic rings. The molecule has 0 aliphatic carbocycles. The molecule has 58 heavy (non-hydrogen) atoms. The van der Waals surface area contributed by atoms with E-state index in [2.05, 4.69) is 205 Å². The summed E-state index contributed by atoms with van der Waals surface area (Å²) >= 11 is 1.85. The van der Waals surface area contributed by atoms with Crippen molar-refractivity contribution in [1.29, 1.82) is 0 Å². The van der Waals surface area contributed by atoms with Crippen LogP contribution in [0.2, 0.25) is 0 Å². The molecular weight excluding hydrogens is 723 g/mol. The lowest BCUT2D eigenvalue weighted by molar-refractivity contribution is 1.29. The monoisotopic (exact) mass is 757 g/mol. The number of anilines is 3. The molecule has 272 valence electrons. The number of hydrogen-bond acceptors (Lipinski definition) is 4. The van der Waals surface area contributed by atoms with E-state index in [1.807, 2.05) is 23.5 Å². The van der Waals surface area contributed by atoms with Gasteiger partial charge < -0.3 is 4.90 Å². The Morgan fingerprint density at radius 1 is 0.328 bits per heavy atom. The number of thiophene rings is 1. The van der Waals surface area contributed by atoms with Crippen molar-refractivity contribution in [3.05, 3.63) is 212 Å². The first kappa shape index (κ1) is 33.9. The van der Waals surface area contributed by atoms with Gasteiger partial charge in [0.25, 0.3) is 0 Å². The minimum absolute atomic E-state index is 0.883. The fourth-order valence-electron chi connectivity index (χ4n) is 8.18. The van der Waals surface area contributed by atoms with Crippen LogP contribution in [0.4, 0.5) is 17.1 Å². The van der Waals surface area contributed by atoms with Crippen molar-refractivity contribution in [2.75, 3.05) is 4.90 Å². The van der Waals surface area contributed by atoms with Crippen molar-refractivity contribution < 1.29 is 0 Å². The maximum absolute atomic E-state index is 5.33. The van der Waals surface area contributed by atoms with Crippen LogP contribution in [0.3, 0.4) is 0 Å². The maximum Gasteiger partial charge on any atom is 0.0973 e. The number of rotatable bonds is 7. The Balaban J connectivity index is 0.998. The van der Waals surface area contributed by atoms with Crippen molar-refractivity contribution in [3.8, 4) is 44.8 Å². The molecule has 3 nitrogen and oxygen atoms in total. The molecule has 0 atom stereocenters. The van der Waals surface area contributed by atoms with Gasteiger partial charge in [0, 0.05) is 53.7 Å². The fourth-order valence-corrected chi connectivity index (χ4v) is 9.27. The van der Waals surface area contributed by atoms with Gasteiger partial charge in [0.1, 0.15) is 0 Å². The van der Waals surface area contributed by atoms with Gasteiger partial charge in [-0.2, -0.15) is 0 Å². The minimum atomic E-state index is 0.883. The van der Waals surface area contributed by atoms with E-state index in [1.165, 1.54) is 31.3 Å². The van der Waals surface area contributed by atoms with Crippen LogP contribution >= 0.6 is 11.3 Å². The summed E-state index contributed by atoms with van der Waals surface area (Å²) in [6.07, 6.45) is 0. The number of nitrogens with zero attached hydrogens (tertiary/aromatic N) is 3. The average Bonchev–Trinajstić information content (AvgIpc) is 3.68. The van der Waals surface area contributed by atoms with Crippen LogP contribution in [0.15, 0.2) is 212 Å². The van der Waals surface area contributed by atoms with Crippen LogP contribution in [0, 0.1) is 0 Å². The number of aromatic nitrogens is 2. The molecule has 0 unspecified atom stereocenters. The van der Waals surface area contributed by atoms with Crippen LogP contribution in [0.5, 0.6) is 0 Å². The van der Waals surface area contributed by atoms with Crippen LogP contribution in [0.1, 0.15) is 0 Å². The lowest BCUT2D eigenvalue weighted by atomic mass is 9.99. The van der Waals surface area contributed by atoms with E-state index >= 15 is 0 Å². The Morgan fingerprint density at radius 2 is 0.897 bits per heavy atom. The largest absolute Gasteiger partial charge is 0.310 e. The van der Waals surface area contributed by atoms with Crippen LogP contribution in [0.25, 0.3) is 86.7 Å². The summed E-state index contributed by atoms with van der Waals surface area (Å²) < 4.78 is 2.60. The Hall–Kier alpha value is -7.40. The average molecular weight is 758 g/mol. The first-order chi connectivity index (χ1) is 28.7. The molecule has 0 aliphatic heterocycles. The Morgan fingerprint density at radius 3 is 1.66 bits per heavy atom. The highest BCUT2D eigenvalue weighted by Crippen LogP contribution is 2.42. The van der Waals surface area contributed by atoms with Gasteiger partial charge in [0.2, 0.25) is 0 Å². The van der Waals surface area contributed by atoms with Gasteiger partial charge in [-0.25, -0.2) is 9.97 Å². The number of fused-ring (bicyclic) bond motifs is 6. The quantitative estimate of drug-likeness (QED) is 0.152. The topological polar surface area (TPSA) is 29.0 Å². The van der Waals surface area contributed by atoms with Gasteiger partial charge in [-0.3, -0.25) is 0 Å². The highest BCUT2D eigenvalue weighted by Gasteiger charge is 2.18. The van der Waals surface area contributed by atoms with E-state index in [9.17, 15) is 0 Å². The highest BCUT2D eigenvalue weighted by molar-refractivity contribution is 7.25. The molecule has 0 fully saturated rings. The van der Waals surface area contributed by atoms with E-state index in [4.69, 9.17) is 9.97 Å². The predicted octanol–water partition coefficient (Wildman–Crippen LogP) is 15.3. The molecule has 11 aromatic rings. The Kier molecular flexibility index (Phi) is 8.34. The van der Waals surface area contributed by atoms with E-state index in [-0.39, 0.29) is 0 Å². The second-order valence-corrected chi connectivity index (χ2v) is 15.7. The zero-order valence-corrected chi connectivity index (χ0v) is 32.3. The summed E-state index contributed by atoms with van der Waals surface area (Å²) in [5.41, 5.74) is 13.7. The van der Waals surface area contributed by atoms with Gasteiger partial charge >= 0.3 is 0 Å². The third kappa shape index (κ3) is 6.08. The number of hydrogen-bond donors (Lipinski definition) is 0. The molecular formula is C54H35N3S. The Bertz CT molecular complexity index is 3270.